The van der Waals surface area contributed by atoms with Crippen LogP contribution in [0.15, 0.2) is 48.5 Å². The highest BCUT2D eigenvalue weighted by atomic mass is 32.2. The normalized spacial score (nSPS) is 13.4. The van der Waals surface area contributed by atoms with Gasteiger partial charge in [0.2, 0.25) is 17.7 Å². The minimum atomic E-state index is -0.367. The number of anilines is 2. The fourth-order valence-electron chi connectivity index (χ4n) is 2.93. The number of hydrogen-bond acceptors (Lipinski definition) is 4. The third-order valence-corrected chi connectivity index (χ3v) is 5.34. The Morgan fingerprint density at radius 3 is 2.34 bits per heavy atom. The number of hydrogen-bond donors (Lipinski definition) is 2. The molecule has 1 saturated heterocycles. The van der Waals surface area contributed by atoms with Crippen molar-refractivity contribution in [1.82, 2.24) is 5.32 Å². The second-order valence-electron chi connectivity index (χ2n) is 6.64. The standard InChI is InChI=1S/C21H22FN3O3S/c22-16-5-7-17(8-6-16)24-20(27)14-29-13-19(26)23-12-15-3-9-18(10-4-15)25-11-1-2-21(25)28/h3-10H,1-2,11-14H2,(H,23,26)(H,24,27). The van der Waals surface area contributed by atoms with Gasteiger partial charge in [0, 0.05) is 30.9 Å². The molecule has 6 nitrogen and oxygen atoms in total. The molecule has 1 fully saturated rings. The van der Waals surface area contributed by atoms with Crippen molar-refractivity contribution in [2.75, 3.05) is 28.3 Å². The SMILES string of the molecule is O=C(CSCC(=O)Nc1ccc(F)cc1)NCc1ccc(N2CCCC2=O)cc1. The van der Waals surface area contributed by atoms with Crippen LogP contribution in [0, 0.1) is 5.82 Å². The minimum absolute atomic E-state index is 0.128. The lowest BCUT2D eigenvalue weighted by Crippen LogP contribution is -2.26. The average Bonchev–Trinajstić information content (AvgIpc) is 3.14. The maximum Gasteiger partial charge on any atom is 0.234 e. The van der Waals surface area contributed by atoms with E-state index in [9.17, 15) is 18.8 Å². The van der Waals surface area contributed by atoms with Gasteiger partial charge in [-0.25, -0.2) is 4.39 Å². The van der Waals surface area contributed by atoms with Gasteiger partial charge in [0.1, 0.15) is 5.82 Å². The van der Waals surface area contributed by atoms with Crippen LogP contribution in [0.25, 0.3) is 0 Å². The summed E-state index contributed by atoms with van der Waals surface area (Å²) in [6.07, 6.45) is 1.48. The first kappa shape index (κ1) is 20.9. The van der Waals surface area contributed by atoms with Gasteiger partial charge in [-0.15, -0.1) is 11.8 Å². The van der Waals surface area contributed by atoms with E-state index < -0.39 is 0 Å². The summed E-state index contributed by atoms with van der Waals surface area (Å²) in [5.41, 5.74) is 2.33. The molecule has 2 aromatic carbocycles. The van der Waals surface area contributed by atoms with Crippen molar-refractivity contribution in [2.24, 2.45) is 0 Å². The van der Waals surface area contributed by atoms with E-state index in [0.29, 0.717) is 18.7 Å². The van der Waals surface area contributed by atoms with Crippen molar-refractivity contribution in [1.29, 1.82) is 0 Å². The van der Waals surface area contributed by atoms with E-state index in [4.69, 9.17) is 0 Å². The van der Waals surface area contributed by atoms with Crippen LogP contribution in [0.5, 0.6) is 0 Å². The maximum absolute atomic E-state index is 12.8. The lowest BCUT2D eigenvalue weighted by molar-refractivity contribution is -0.119. The van der Waals surface area contributed by atoms with E-state index in [1.807, 2.05) is 24.3 Å². The summed E-state index contributed by atoms with van der Waals surface area (Å²) in [5.74, 6) is -0.342. The minimum Gasteiger partial charge on any atom is -0.351 e. The van der Waals surface area contributed by atoms with Crippen LogP contribution in [0.1, 0.15) is 18.4 Å². The van der Waals surface area contributed by atoms with Gasteiger partial charge in [-0.2, -0.15) is 0 Å². The zero-order chi connectivity index (χ0) is 20.6. The summed E-state index contributed by atoms with van der Waals surface area (Å²) < 4.78 is 12.8. The molecule has 0 saturated carbocycles. The molecule has 1 aliphatic rings. The first-order chi connectivity index (χ1) is 14.0. The molecule has 0 spiro atoms. The Bertz CT molecular complexity index is 872. The number of carbonyl (C=O) groups is 3. The van der Waals surface area contributed by atoms with Gasteiger partial charge in [-0.05, 0) is 48.4 Å². The summed E-state index contributed by atoms with van der Waals surface area (Å²) in [6, 6.07) is 13.1. The average molecular weight is 415 g/mol. The van der Waals surface area contributed by atoms with Gasteiger partial charge in [0.15, 0.2) is 0 Å². The molecule has 3 amide bonds. The molecule has 3 rings (SSSR count). The Balaban J connectivity index is 1.35. The van der Waals surface area contributed by atoms with Crippen LogP contribution in [0.4, 0.5) is 15.8 Å². The predicted octanol–water partition coefficient (Wildman–Crippen LogP) is 2.94. The van der Waals surface area contributed by atoms with E-state index in [1.165, 1.54) is 36.0 Å². The number of nitrogens with one attached hydrogen (secondary N) is 2. The lowest BCUT2D eigenvalue weighted by atomic mass is 10.2. The molecule has 1 heterocycles. The summed E-state index contributed by atoms with van der Waals surface area (Å²) in [4.78, 5) is 37.3. The second kappa shape index (κ2) is 10.1. The maximum atomic E-state index is 12.8. The fourth-order valence-corrected chi connectivity index (χ4v) is 3.58. The number of nitrogens with zero attached hydrogens (tertiary/aromatic N) is 1. The smallest absolute Gasteiger partial charge is 0.234 e. The molecule has 2 N–H and O–H groups in total. The van der Waals surface area contributed by atoms with Crippen molar-refractivity contribution in [3.63, 3.8) is 0 Å². The Morgan fingerprint density at radius 1 is 1.00 bits per heavy atom. The molecule has 8 heteroatoms. The Morgan fingerprint density at radius 2 is 1.69 bits per heavy atom. The molecule has 0 aliphatic carbocycles. The molecule has 0 radical (unpaired) electrons. The van der Waals surface area contributed by atoms with Crippen LogP contribution < -0.4 is 15.5 Å². The quantitative estimate of drug-likeness (QED) is 0.695. The largest absolute Gasteiger partial charge is 0.351 e. The number of rotatable bonds is 8. The van der Waals surface area contributed by atoms with E-state index in [-0.39, 0.29) is 35.0 Å². The van der Waals surface area contributed by atoms with Crippen LogP contribution in [0.3, 0.4) is 0 Å². The first-order valence-electron chi connectivity index (χ1n) is 9.30. The van der Waals surface area contributed by atoms with Gasteiger partial charge >= 0.3 is 0 Å². The molecule has 0 aromatic heterocycles. The topological polar surface area (TPSA) is 78.5 Å². The fraction of sp³-hybridized carbons (Fsp3) is 0.286. The molecule has 2 aromatic rings. The van der Waals surface area contributed by atoms with Crippen molar-refractivity contribution in [3.8, 4) is 0 Å². The van der Waals surface area contributed by atoms with Crippen molar-refractivity contribution in [2.45, 2.75) is 19.4 Å². The van der Waals surface area contributed by atoms with Gasteiger partial charge in [0.05, 0.1) is 11.5 Å². The summed E-state index contributed by atoms with van der Waals surface area (Å²) in [7, 11) is 0. The van der Waals surface area contributed by atoms with E-state index in [0.717, 1.165) is 24.2 Å². The molecule has 0 bridgehead atoms. The molecular formula is C21H22FN3O3S. The molecule has 29 heavy (non-hydrogen) atoms. The first-order valence-corrected chi connectivity index (χ1v) is 10.5. The van der Waals surface area contributed by atoms with E-state index >= 15 is 0 Å². The summed E-state index contributed by atoms with van der Waals surface area (Å²) in [6.45, 7) is 1.14. The lowest BCUT2D eigenvalue weighted by Gasteiger charge is -2.16. The van der Waals surface area contributed by atoms with Crippen molar-refractivity contribution in [3.05, 3.63) is 59.9 Å². The van der Waals surface area contributed by atoms with Crippen LogP contribution in [-0.4, -0.2) is 35.8 Å². The van der Waals surface area contributed by atoms with Crippen LogP contribution in [-0.2, 0) is 20.9 Å². The third kappa shape index (κ3) is 6.32. The van der Waals surface area contributed by atoms with Crippen LogP contribution in [0.2, 0.25) is 0 Å². The van der Waals surface area contributed by atoms with E-state index in [2.05, 4.69) is 10.6 Å². The molecule has 1 aliphatic heterocycles. The second-order valence-corrected chi connectivity index (χ2v) is 7.63. The van der Waals surface area contributed by atoms with Crippen LogP contribution >= 0.6 is 11.8 Å². The summed E-state index contributed by atoms with van der Waals surface area (Å²) >= 11 is 1.20. The number of halogens is 1. The number of thioether (sulfide) groups is 1. The predicted molar refractivity (Wildman–Crippen MR) is 112 cm³/mol. The molecular weight excluding hydrogens is 393 g/mol. The highest BCUT2D eigenvalue weighted by molar-refractivity contribution is 8.00. The number of benzene rings is 2. The zero-order valence-corrected chi connectivity index (χ0v) is 16.6. The van der Waals surface area contributed by atoms with Gasteiger partial charge < -0.3 is 15.5 Å². The Kier molecular flexibility index (Phi) is 7.24. The van der Waals surface area contributed by atoms with Crippen molar-refractivity contribution >= 4 is 40.9 Å². The Hall–Kier alpha value is -2.87. The van der Waals surface area contributed by atoms with E-state index in [1.54, 1.807) is 4.90 Å². The molecule has 0 unspecified atom stereocenters. The monoisotopic (exact) mass is 415 g/mol. The molecule has 152 valence electrons. The Labute approximate surface area is 172 Å². The van der Waals surface area contributed by atoms with Gasteiger partial charge in [-0.1, -0.05) is 12.1 Å². The van der Waals surface area contributed by atoms with Gasteiger partial charge in [-0.3, -0.25) is 14.4 Å². The van der Waals surface area contributed by atoms with Crippen molar-refractivity contribution < 1.29 is 18.8 Å². The molecule has 0 atom stereocenters. The number of carbonyl (C=O) groups excluding carboxylic acids is 3. The van der Waals surface area contributed by atoms with Gasteiger partial charge in [0.25, 0.3) is 0 Å². The third-order valence-electron chi connectivity index (χ3n) is 4.41. The highest BCUT2D eigenvalue weighted by Crippen LogP contribution is 2.21. The highest BCUT2D eigenvalue weighted by Gasteiger charge is 2.21. The number of amides is 3. The zero-order valence-electron chi connectivity index (χ0n) is 15.8. The summed E-state index contributed by atoms with van der Waals surface area (Å²) in [5, 5.41) is 5.46.